The van der Waals surface area contributed by atoms with Crippen LogP contribution in [0.25, 0.3) is 16.6 Å². The number of nitrogens with zero attached hydrogens (tertiary/aromatic N) is 1. The summed E-state index contributed by atoms with van der Waals surface area (Å²) in [7, 11) is 0. The van der Waals surface area contributed by atoms with Gasteiger partial charge in [-0.25, -0.2) is 0 Å². The van der Waals surface area contributed by atoms with Gasteiger partial charge in [-0.1, -0.05) is 34.8 Å². The van der Waals surface area contributed by atoms with Crippen LogP contribution in [-0.2, 0) is 6.18 Å². The zero-order chi connectivity index (χ0) is 16.1. The highest BCUT2D eigenvalue weighted by atomic mass is 35.5. The summed E-state index contributed by atoms with van der Waals surface area (Å²) in [4.78, 5) is 0. The molecule has 0 aliphatic heterocycles. The molecule has 0 radical (unpaired) electrons. The highest BCUT2D eigenvalue weighted by molar-refractivity contribution is 6.38. The van der Waals surface area contributed by atoms with Crippen LogP contribution in [0.15, 0.2) is 42.6 Å². The Hall–Kier alpha value is -1.36. The van der Waals surface area contributed by atoms with Gasteiger partial charge in [0, 0.05) is 16.6 Å². The summed E-state index contributed by atoms with van der Waals surface area (Å²) in [6, 6.07) is 8.70. The molecule has 0 saturated carbocycles. The van der Waals surface area contributed by atoms with Crippen LogP contribution in [0.3, 0.4) is 0 Å². The Morgan fingerprint density at radius 1 is 0.864 bits per heavy atom. The topological polar surface area (TPSA) is 4.93 Å². The molecule has 0 bridgehead atoms. The van der Waals surface area contributed by atoms with Crippen LogP contribution >= 0.6 is 34.8 Å². The second-order valence-corrected chi connectivity index (χ2v) is 5.93. The Kier molecular flexibility index (Phi) is 3.79. The Morgan fingerprint density at radius 2 is 1.50 bits per heavy atom. The highest BCUT2D eigenvalue weighted by Crippen LogP contribution is 2.38. The molecule has 0 N–H and O–H groups in total. The van der Waals surface area contributed by atoms with Crippen LogP contribution in [0, 0.1) is 0 Å². The van der Waals surface area contributed by atoms with Crippen molar-refractivity contribution in [1.29, 1.82) is 0 Å². The van der Waals surface area contributed by atoms with Crippen LogP contribution in [-0.4, -0.2) is 4.57 Å². The molecule has 0 spiro atoms. The fourth-order valence-corrected chi connectivity index (χ4v) is 3.12. The van der Waals surface area contributed by atoms with E-state index >= 15 is 0 Å². The van der Waals surface area contributed by atoms with Gasteiger partial charge >= 0.3 is 6.18 Å². The molecule has 1 heterocycles. The lowest BCUT2D eigenvalue weighted by atomic mass is 10.2. The van der Waals surface area contributed by atoms with Crippen molar-refractivity contribution in [2.75, 3.05) is 0 Å². The number of benzene rings is 2. The van der Waals surface area contributed by atoms with Gasteiger partial charge in [0.25, 0.3) is 0 Å². The molecule has 0 unspecified atom stereocenters. The van der Waals surface area contributed by atoms with Gasteiger partial charge in [0.2, 0.25) is 0 Å². The van der Waals surface area contributed by atoms with E-state index in [0.29, 0.717) is 10.7 Å². The average Bonchev–Trinajstić information content (AvgIpc) is 2.80. The SMILES string of the molecule is FC(F)(F)c1cc(Cl)c(-n2ccc3cc(Cl)ccc32)c(Cl)c1. The summed E-state index contributed by atoms with van der Waals surface area (Å²) in [5.41, 5.74) is 0.160. The minimum Gasteiger partial charge on any atom is -0.314 e. The Labute approximate surface area is 138 Å². The van der Waals surface area contributed by atoms with Crippen molar-refractivity contribution < 1.29 is 13.2 Å². The molecular formula is C15H7Cl3F3N. The predicted molar refractivity (Wildman–Crippen MR) is 83.3 cm³/mol. The maximum atomic E-state index is 12.8. The summed E-state index contributed by atoms with van der Waals surface area (Å²) in [6.07, 6.45) is -2.82. The molecule has 0 aliphatic carbocycles. The first-order chi connectivity index (χ1) is 10.3. The van der Waals surface area contributed by atoms with Crippen molar-refractivity contribution in [1.82, 2.24) is 4.57 Å². The number of alkyl halides is 3. The number of halogens is 6. The number of aromatic nitrogens is 1. The van der Waals surface area contributed by atoms with Crippen molar-refractivity contribution in [2.24, 2.45) is 0 Å². The van der Waals surface area contributed by atoms with Crippen molar-refractivity contribution in [2.45, 2.75) is 6.18 Å². The largest absolute Gasteiger partial charge is 0.416 e. The minimum absolute atomic E-state index is 0.0766. The zero-order valence-corrected chi connectivity index (χ0v) is 13.0. The maximum Gasteiger partial charge on any atom is 0.416 e. The zero-order valence-electron chi connectivity index (χ0n) is 10.8. The summed E-state index contributed by atoms with van der Waals surface area (Å²) >= 11 is 18.0. The molecule has 0 saturated heterocycles. The minimum atomic E-state index is -4.50. The van der Waals surface area contributed by atoms with Crippen molar-refractivity contribution >= 4 is 45.7 Å². The smallest absolute Gasteiger partial charge is 0.314 e. The maximum absolute atomic E-state index is 12.8. The van der Waals surface area contributed by atoms with E-state index in [0.717, 1.165) is 23.0 Å². The summed E-state index contributed by atoms with van der Waals surface area (Å²) in [5.74, 6) is 0. The standard InChI is InChI=1S/C15H7Cl3F3N/c16-10-1-2-13-8(5-10)3-4-22(13)14-11(17)6-9(7-12(14)18)15(19,20)21/h1-7H. The number of rotatable bonds is 1. The first-order valence-electron chi connectivity index (χ1n) is 6.10. The lowest BCUT2D eigenvalue weighted by Crippen LogP contribution is -2.06. The summed E-state index contributed by atoms with van der Waals surface area (Å²) < 4.78 is 40.0. The fraction of sp³-hybridized carbons (Fsp3) is 0.0667. The fourth-order valence-electron chi connectivity index (χ4n) is 2.27. The molecule has 0 atom stereocenters. The van der Waals surface area contributed by atoms with Crippen molar-refractivity contribution in [3.63, 3.8) is 0 Å². The first kappa shape index (κ1) is 15.5. The van der Waals surface area contributed by atoms with E-state index in [1.165, 1.54) is 0 Å². The molecule has 0 aliphatic rings. The van der Waals surface area contributed by atoms with Gasteiger partial charge in [0.15, 0.2) is 0 Å². The predicted octanol–water partition coefficient (Wildman–Crippen LogP) is 6.61. The van der Waals surface area contributed by atoms with Crippen LogP contribution in [0.5, 0.6) is 0 Å². The number of hydrogen-bond donors (Lipinski definition) is 0. The van der Waals surface area contributed by atoms with Gasteiger partial charge in [-0.2, -0.15) is 13.2 Å². The lowest BCUT2D eigenvalue weighted by molar-refractivity contribution is -0.137. The molecule has 2 aromatic carbocycles. The molecule has 114 valence electrons. The van der Waals surface area contributed by atoms with Gasteiger partial charge < -0.3 is 4.57 Å². The van der Waals surface area contributed by atoms with Gasteiger partial charge in [-0.15, -0.1) is 0 Å². The average molecular weight is 365 g/mol. The van der Waals surface area contributed by atoms with Gasteiger partial charge in [-0.05, 0) is 36.4 Å². The van der Waals surface area contributed by atoms with Crippen molar-refractivity contribution in [3.8, 4) is 5.69 Å². The molecule has 0 fully saturated rings. The molecule has 1 aromatic heterocycles. The highest BCUT2D eigenvalue weighted by Gasteiger charge is 2.32. The van der Waals surface area contributed by atoms with E-state index in [-0.39, 0.29) is 10.0 Å². The van der Waals surface area contributed by atoms with E-state index in [1.807, 2.05) is 0 Å². The molecule has 3 rings (SSSR count). The number of hydrogen-bond acceptors (Lipinski definition) is 0. The quantitative estimate of drug-likeness (QED) is 0.458. The Bertz CT molecular complexity index is 845. The summed E-state index contributed by atoms with van der Waals surface area (Å²) in [5, 5.41) is 1.24. The van der Waals surface area contributed by atoms with E-state index in [2.05, 4.69) is 0 Å². The van der Waals surface area contributed by atoms with E-state index < -0.39 is 11.7 Å². The van der Waals surface area contributed by atoms with Gasteiger partial charge in [0.1, 0.15) is 0 Å². The molecular weight excluding hydrogens is 358 g/mol. The van der Waals surface area contributed by atoms with Crippen molar-refractivity contribution in [3.05, 3.63) is 63.2 Å². The third kappa shape index (κ3) is 2.67. The molecule has 1 nitrogen and oxygen atoms in total. The normalized spacial score (nSPS) is 12.1. The second-order valence-electron chi connectivity index (χ2n) is 4.68. The van der Waals surface area contributed by atoms with Gasteiger partial charge in [-0.3, -0.25) is 0 Å². The molecule has 7 heteroatoms. The van der Waals surface area contributed by atoms with Crippen LogP contribution in [0.1, 0.15) is 5.56 Å². The van der Waals surface area contributed by atoms with Gasteiger partial charge in [0.05, 0.1) is 26.8 Å². The number of fused-ring (bicyclic) bond motifs is 1. The lowest BCUT2D eigenvalue weighted by Gasteiger charge is -2.14. The van der Waals surface area contributed by atoms with Crippen LogP contribution in [0.2, 0.25) is 15.1 Å². The molecule has 3 aromatic rings. The molecule has 0 amide bonds. The summed E-state index contributed by atoms with van der Waals surface area (Å²) in [6.45, 7) is 0. The Balaban J connectivity index is 2.23. The third-order valence-corrected chi connectivity index (χ3v) is 4.05. The van der Waals surface area contributed by atoms with Crippen LogP contribution in [0.4, 0.5) is 13.2 Å². The van der Waals surface area contributed by atoms with E-state index in [1.54, 1.807) is 35.0 Å². The molecule has 22 heavy (non-hydrogen) atoms. The van der Waals surface area contributed by atoms with E-state index in [4.69, 9.17) is 34.8 Å². The van der Waals surface area contributed by atoms with E-state index in [9.17, 15) is 13.2 Å². The first-order valence-corrected chi connectivity index (χ1v) is 7.24. The monoisotopic (exact) mass is 363 g/mol. The van der Waals surface area contributed by atoms with Crippen LogP contribution < -0.4 is 0 Å². The Morgan fingerprint density at radius 3 is 2.09 bits per heavy atom. The second kappa shape index (κ2) is 5.37. The third-order valence-electron chi connectivity index (χ3n) is 3.24.